The molecule has 0 unspecified atom stereocenters. The van der Waals surface area contributed by atoms with Crippen molar-refractivity contribution in [3.8, 4) is 5.75 Å². The molecule has 0 atom stereocenters. The zero-order valence-corrected chi connectivity index (χ0v) is 20.0. The zero-order chi connectivity index (χ0) is 24.7. The predicted molar refractivity (Wildman–Crippen MR) is 137 cm³/mol. The topological polar surface area (TPSA) is 88.1 Å². The lowest BCUT2D eigenvalue weighted by atomic mass is 10.1. The van der Waals surface area contributed by atoms with E-state index in [2.05, 4.69) is 10.5 Å². The number of nitrogens with zero attached hydrogens (tertiary/aromatic N) is 2. The van der Waals surface area contributed by atoms with Gasteiger partial charge in [0, 0.05) is 7.05 Å². The molecule has 0 spiro atoms. The summed E-state index contributed by atoms with van der Waals surface area (Å²) in [6.07, 6.45) is 1.48. The molecule has 178 valence electrons. The summed E-state index contributed by atoms with van der Waals surface area (Å²) in [5.41, 5.74) is 4.16. The van der Waals surface area contributed by atoms with E-state index in [4.69, 9.17) is 4.74 Å². The van der Waals surface area contributed by atoms with Crippen molar-refractivity contribution in [1.29, 1.82) is 0 Å². The van der Waals surface area contributed by atoms with Gasteiger partial charge in [0.15, 0.2) is 0 Å². The van der Waals surface area contributed by atoms with Crippen LogP contribution < -0.4 is 10.2 Å². The fourth-order valence-electron chi connectivity index (χ4n) is 3.43. The first-order chi connectivity index (χ1) is 16.9. The van der Waals surface area contributed by atoms with Crippen LogP contribution in [0.2, 0.25) is 0 Å². The molecule has 4 aromatic rings. The lowest BCUT2D eigenvalue weighted by Gasteiger charge is -2.16. The molecular weight excluding hydrogens is 462 g/mol. The molecule has 7 nitrogen and oxygen atoms in total. The lowest BCUT2D eigenvalue weighted by Crippen LogP contribution is -2.36. The van der Waals surface area contributed by atoms with Crippen LogP contribution in [0.4, 0.5) is 0 Å². The second-order valence-corrected chi connectivity index (χ2v) is 9.95. The molecule has 35 heavy (non-hydrogen) atoms. The summed E-state index contributed by atoms with van der Waals surface area (Å²) in [6.45, 7) is 0.0723. The Labute approximate surface area is 204 Å². The molecule has 4 aromatic carbocycles. The Morgan fingerprint density at radius 1 is 0.914 bits per heavy atom. The van der Waals surface area contributed by atoms with Gasteiger partial charge in [0.2, 0.25) is 10.0 Å². The molecule has 1 amide bonds. The number of amides is 1. The maximum Gasteiger partial charge on any atom is 0.255 e. The number of fused-ring (bicyclic) bond motifs is 1. The number of hydrogen-bond acceptors (Lipinski definition) is 5. The van der Waals surface area contributed by atoms with E-state index in [1.807, 2.05) is 72.8 Å². The number of sulfonamides is 1. The van der Waals surface area contributed by atoms with Crippen molar-refractivity contribution in [1.82, 2.24) is 9.73 Å². The average Bonchev–Trinajstić information content (AvgIpc) is 2.88. The van der Waals surface area contributed by atoms with Crippen LogP contribution in [0.25, 0.3) is 10.8 Å². The molecule has 0 saturated carbocycles. The molecule has 0 heterocycles. The van der Waals surface area contributed by atoms with Crippen molar-refractivity contribution in [2.45, 2.75) is 11.5 Å². The number of ether oxygens (including phenoxy) is 1. The molecular formula is C27H25N3O4S. The van der Waals surface area contributed by atoms with Gasteiger partial charge in [0.25, 0.3) is 5.91 Å². The molecule has 1 N–H and O–H groups in total. The standard InChI is InChI=1S/C27H25N3O4S/c1-30(35(32,33)26-15-14-23-11-5-6-12-24(23)17-26)19-27(31)29-28-18-22-10-7-13-25(16-22)34-20-21-8-3-2-4-9-21/h2-18H,19-20H2,1H3,(H,29,31)/b28-18+. The van der Waals surface area contributed by atoms with Crippen molar-refractivity contribution in [3.63, 3.8) is 0 Å². The van der Waals surface area contributed by atoms with Gasteiger partial charge in [-0.2, -0.15) is 9.41 Å². The minimum absolute atomic E-state index is 0.127. The number of carbonyl (C=O) groups excluding carboxylic acids is 1. The number of nitrogens with one attached hydrogen (secondary N) is 1. The van der Waals surface area contributed by atoms with E-state index in [-0.39, 0.29) is 11.4 Å². The smallest absolute Gasteiger partial charge is 0.255 e. The summed E-state index contributed by atoms with van der Waals surface area (Å²) < 4.78 is 32.6. The van der Waals surface area contributed by atoms with E-state index in [1.54, 1.807) is 18.2 Å². The Morgan fingerprint density at radius 3 is 2.46 bits per heavy atom. The molecule has 4 rings (SSSR count). The van der Waals surface area contributed by atoms with Gasteiger partial charge in [-0.15, -0.1) is 0 Å². The Hall–Kier alpha value is -4.01. The summed E-state index contributed by atoms with van der Waals surface area (Å²) in [6, 6.07) is 29.5. The molecule has 0 aliphatic rings. The van der Waals surface area contributed by atoms with Gasteiger partial charge in [-0.3, -0.25) is 4.79 Å². The summed E-state index contributed by atoms with van der Waals surface area (Å²) in [5.74, 6) is 0.120. The average molecular weight is 488 g/mol. The van der Waals surface area contributed by atoms with Crippen molar-refractivity contribution >= 4 is 32.9 Å². The number of benzene rings is 4. The minimum atomic E-state index is -3.83. The van der Waals surface area contributed by atoms with Crippen molar-refractivity contribution in [2.75, 3.05) is 13.6 Å². The predicted octanol–water partition coefficient (Wildman–Crippen LogP) is 4.19. The third-order valence-electron chi connectivity index (χ3n) is 5.30. The highest BCUT2D eigenvalue weighted by atomic mass is 32.2. The number of hydrazone groups is 1. The maximum absolute atomic E-state index is 12.9. The van der Waals surface area contributed by atoms with Gasteiger partial charge in [-0.05, 0) is 46.2 Å². The Kier molecular flexibility index (Phi) is 7.54. The summed E-state index contributed by atoms with van der Waals surface area (Å²) in [7, 11) is -2.47. The van der Waals surface area contributed by atoms with Crippen LogP contribution in [-0.2, 0) is 21.4 Å². The quantitative estimate of drug-likeness (QED) is 0.283. The van der Waals surface area contributed by atoms with Gasteiger partial charge in [0.05, 0.1) is 17.7 Å². The second kappa shape index (κ2) is 10.9. The third kappa shape index (κ3) is 6.32. The van der Waals surface area contributed by atoms with E-state index < -0.39 is 15.9 Å². The SMILES string of the molecule is CN(CC(=O)N/N=C/c1cccc(OCc2ccccc2)c1)S(=O)(=O)c1ccc2ccccc2c1. The van der Waals surface area contributed by atoms with Crippen LogP contribution in [0, 0.1) is 0 Å². The number of carbonyl (C=O) groups is 1. The third-order valence-corrected chi connectivity index (χ3v) is 7.10. The van der Waals surface area contributed by atoms with E-state index in [9.17, 15) is 13.2 Å². The Balaban J connectivity index is 1.33. The maximum atomic E-state index is 12.9. The molecule has 0 bridgehead atoms. The Morgan fingerprint density at radius 2 is 1.66 bits per heavy atom. The number of likely N-dealkylation sites (N-methyl/N-ethyl adjacent to an activating group) is 1. The zero-order valence-electron chi connectivity index (χ0n) is 19.2. The number of hydrogen-bond donors (Lipinski definition) is 1. The molecule has 0 fully saturated rings. The van der Waals surface area contributed by atoms with Gasteiger partial charge >= 0.3 is 0 Å². The largest absolute Gasteiger partial charge is 0.489 e. The molecule has 0 aliphatic carbocycles. The number of rotatable bonds is 9. The second-order valence-electron chi connectivity index (χ2n) is 7.91. The highest BCUT2D eigenvalue weighted by molar-refractivity contribution is 7.89. The molecule has 0 aromatic heterocycles. The first kappa shape index (κ1) is 24.1. The van der Waals surface area contributed by atoms with Gasteiger partial charge in [-0.1, -0.05) is 72.8 Å². The van der Waals surface area contributed by atoms with Crippen molar-refractivity contribution in [2.24, 2.45) is 5.10 Å². The van der Waals surface area contributed by atoms with E-state index >= 15 is 0 Å². The lowest BCUT2D eigenvalue weighted by molar-refractivity contribution is -0.121. The van der Waals surface area contributed by atoms with Gasteiger partial charge < -0.3 is 4.74 Å². The summed E-state index contributed by atoms with van der Waals surface area (Å²) >= 11 is 0. The molecule has 0 saturated heterocycles. The van der Waals surface area contributed by atoms with Crippen LogP contribution in [-0.4, -0.2) is 38.4 Å². The van der Waals surface area contributed by atoms with Crippen molar-refractivity contribution < 1.29 is 17.9 Å². The van der Waals surface area contributed by atoms with Crippen LogP contribution >= 0.6 is 0 Å². The fraction of sp³-hybridized carbons (Fsp3) is 0.111. The van der Waals surface area contributed by atoms with Crippen molar-refractivity contribution in [3.05, 3.63) is 108 Å². The van der Waals surface area contributed by atoms with Crippen LogP contribution in [0.15, 0.2) is 107 Å². The van der Waals surface area contributed by atoms with E-state index in [1.165, 1.54) is 19.3 Å². The first-order valence-electron chi connectivity index (χ1n) is 11.0. The summed E-state index contributed by atoms with van der Waals surface area (Å²) in [4.78, 5) is 12.4. The van der Waals surface area contributed by atoms with E-state index in [0.29, 0.717) is 12.4 Å². The van der Waals surface area contributed by atoms with E-state index in [0.717, 1.165) is 26.2 Å². The van der Waals surface area contributed by atoms with Gasteiger partial charge in [-0.25, -0.2) is 13.8 Å². The van der Waals surface area contributed by atoms with Crippen LogP contribution in [0.3, 0.4) is 0 Å². The minimum Gasteiger partial charge on any atom is -0.489 e. The monoisotopic (exact) mass is 487 g/mol. The summed E-state index contributed by atoms with van der Waals surface area (Å²) in [5, 5.41) is 5.70. The molecule has 0 aliphatic heterocycles. The highest BCUT2D eigenvalue weighted by Gasteiger charge is 2.23. The fourth-order valence-corrected chi connectivity index (χ4v) is 4.60. The molecule has 0 radical (unpaired) electrons. The molecule has 8 heteroatoms. The van der Waals surface area contributed by atoms with Crippen LogP contribution in [0.5, 0.6) is 5.75 Å². The Bertz CT molecular complexity index is 1450. The van der Waals surface area contributed by atoms with Crippen LogP contribution in [0.1, 0.15) is 11.1 Å². The van der Waals surface area contributed by atoms with Gasteiger partial charge in [0.1, 0.15) is 12.4 Å². The normalized spacial score (nSPS) is 11.7. The first-order valence-corrected chi connectivity index (χ1v) is 12.4. The highest BCUT2D eigenvalue weighted by Crippen LogP contribution is 2.21.